The molecule has 2 aliphatic carbocycles. The van der Waals surface area contributed by atoms with Crippen molar-refractivity contribution < 1.29 is 19.4 Å². The Morgan fingerprint density at radius 2 is 2.11 bits per heavy atom. The van der Waals surface area contributed by atoms with Crippen molar-refractivity contribution in [1.82, 2.24) is 10.2 Å². The molecule has 4 rings (SSSR count). The lowest BCUT2D eigenvalue weighted by Gasteiger charge is -2.45. The number of methoxy groups -OCH3 is 1. The first-order valence-electron chi connectivity index (χ1n) is 9.58. The van der Waals surface area contributed by atoms with Crippen LogP contribution in [0.4, 0.5) is 0 Å². The summed E-state index contributed by atoms with van der Waals surface area (Å²) in [6.45, 7) is 1.39. The number of amides is 2. The van der Waals surface area contributed by atoms with Crippen molar-refractivity contribution in [3.05, 3.63) is 35.4 Å². The molecule has 1 heterocycles. The van der Waals surface area contributed by atoms with Gasteiger partial charge in [0.05, 0.1) is 12.1 Å². The third-order valence-corrected chi connectivity index (χ3v) is 6.52. The number of fused-ring (bicyclic) bond motifs is 2. The smallest absolute Gasteiger partial charge is 0.248 e. The van der Waals surface area contributed by atoms with E-state index in [1.165, 1.54) is 7.11 Å². The lowest BCUT2D eigenvalue weighted by atomic mass is 9.74. The molecule has 3 unspecified atom stereocenters. The van der Waals surface area contributed by atoms with Crippen LogP contribution in [0, 0.1) is 17.8 Å². The molecular weight excluding hydrogens is 346 g/mol. The molecule has 6 atom stereocenters. The van der Waals surface area contributed by atoms with Crippen molar-refractivity contribution in [3.63, 3.8) is 0 Å². The Morgan fingerprint density at radius 3 is 2.85 bits per heavy atom. The Bertz CT molecular complexity index is 740. The Kier molecular flexibility index (Phi) is 4.92. The van der Waals surface area contributed by atoms with Crippen LogP contribution in [0.2, 0.25) is 0 Å². The number of benzene rings is 1. The highest BCUT2D eigenvalue weighted by atomic mass is 16.5. The standard InChI is InChI=1S/C20H27N3O4/c1-27-10-16(24)23-9-12-6-14-17(15(7-12)19(25)18(14)23)22-8-11-3-2-4-13(5-11)20(21)26/h2-5,12,14-15,17-19,22,25H,6-10H2,1H3,(H2,21,26)/t12?,14-,15+,17?,18?,19-/m0/s1. The third kappa shape index (κ3) is 3.24. The van der Waals surface area contributed by atoms with Crippen molar-refractivity contribution >= 4 is 11.8 Å². The van der Waals surface area contributed by atoms with Gasteiger partial charge < -0.3 is 25.8 Å². The van der Waals surface area contributed by atoms with Crippen molar-refractivity contribution in [3.8, 4) is 0 Å². The summed E-state index contributed by atoms with van der Waals surface area (Å²) in [6.07, 6.45) is 1.47. The summed E-state index contributed by atoms with van der Waals surface area (Å²) in [7, 11) is 1.52. The number of ether oxygens (including phenoxy) is 1. The topological polar surface area (TPSA) is 105 Å². The Hall–Kier alpha value is -1.96. The fraction of sp³-hybridized carbons (Fsp3) is 0.600. The van der Waals surface area contributed by atoms with Crippen LogP contribution in [0.25, 0.3) is 0 Å². The Labute approximate surface area is 158 Å². The molecule has 1 saturated heterocycles. The Balaban J connectivity index is 1.49. The fourth-order valence-electron chi connectivity index (χ4n) is 5.50. The zero-order chi connectivity index (χ0) is 19.1. The summed E-state index contributed by atoms with van der Waals surface area (Å²) in [6, 6.07) is 7.33. The van der Waals surface area contributed by atoms with Crippen LogP contribution in [0.3, 0.4) is 0 Å². The number of likely N-dealkylation sites (tertiary alicyclic amines) is 1. The van der Waals surface area contributed by atoms with Crippen molar-refractivity contribution in [2.45, 2.75) is 37.6 Å². The third-order valence-electron chi connectivity index (χ3n) is 6.52. The van der Waals surface area contributed by atoms with E-state index in [4.69, 9.17) is 10.5 Å². The van der Waals surface area contributed by atoms with Crippen LogP contribution in [0.5, 0.6) is 0 Å². The number of primary amides is 1. The largest absolute Gasteiger partial charge is 0.391 e. The predicted octanol–water partition coefficient (Wildman–Crippen LogP) is 0.118. The maximum absolute atomic E-state index is 12.5. The number of carbonyl (C=O) groups excluding carboxylic acids is 2. The van der Waals surface area contributed by atoms with Gasteiger partial charge in [-0.3, -0.25) is 9.59 Å². The second kappa shape index (κ2) is 7.22. The predicted molar refractivity (Wildman–Crippen MR) is 98.7 cm³/mol. The normalized spacial score (nSPS) is 34.1. The number of nitrogens with zero attached hydrogens (tertiary/aromatic N) is 1. The number of rotatable bonds is 6. The Morgan fingerprint density at radius 1 is 1.33 bits per heavy atom. The quantitative estimate of drug-likeness (QED) is 0.657. The number of aliphatic hydroxyl groups is 1. The zero-order valence-electron chi connectivity index (χ0n) is 15.5. The van der Waals surface area contributed by atoms with Gasteiger partial charge in [-0.05, 0) is 42.4 Å². The van der Waals surface area contributed by atoms with Crippen LogP contribution < -0.4 is 11.1 Å². The van der Waals surface area contributed by atoms with Crippen LogP contribution in [-0.4, -0.2) is 60.3 Å². The fourth-order valence-corrected chi connectivity index (χ4v) is 5.50. The zero-order valence-corrected chi connectivity index (χ0v) is 15.5. The van der Waals surface area contributed by atoms with E-state index in [-0.39, 0.29) is 36.4 Å². The molecule has 0 spiro atoms. The molecule has 3 bridgehead atoms. The minimum Gasteiger partial charge on any atom is -0.391 e. The monoisotopic (exact) mass is 373 g/mol. The molecule has 27 heavy (non-hydrogen) atoms. The van der Waals surface area contributed by atoms with Gasteiger partial charge in [0.25, 0.3) is 0 Å². The van der Waals surface area contributed by atoms with Crippen LogP contribution >= 0.6 is 0 Å². The second-order valence-electron chi connectivity index (χ2n) is 8.10. The van der Waals surface area contributed by atoms with Crippen LogP contribution in [0.1, 0.15) is 28.8 Å². The molecule has 4 N–H and O–H groups in total. The van der Waals surface area contributed by atoms with Gasteiger partial charge in [0.1, 0.15) is 6.61 Å². The first-order chi connectivity index (χ1) is 13.0. The van der Waals surface area contributed by atoms with E-state index in [0.717, 1.165) is 24.9 Å². The number of carbonyl (C=O) groups is 2. The summed E-state index contributed by atoms with van der Waals surface area (Å²) < 4.78 is 5.03. The summed E-state index contributed by atoms with van der Waals surface area (Å²) >= 11 is 0. The average molecular weight is 373 g/mol. The summed E-state index contributed by atoms with van der Waals surface area (Å²) in [5.41, 5.74) is 6.85. The lowest BCUT2D eigenvalue weighted by Crippen LogP contribution is -2.56. The molecule has 1 aromatic rings. The molecule has 2 saturated carbocycles. The number of aliphatic hydroxyl groups excluding tert-OH is 1. The first-order valence-corrected chi connectivity index (χ1v) is 9.58. The van der Waals surface area contributed by atoms with E-state index < -0.39 is 12.0 Å². The second-order valence-corrected chi connectivity index (χ2v) is 8.10. The first kappa shape index (κ1) is 18.4. The van der Waals surface area contributed by atoms with E-state index in [9.17, 15) is 14.7 Å². The molecule has 7 nitrogen and oxygen atoms in total. The maximum Gasteiger partial charge on any atom is 0.248 e. The summed E-state index contributed by atoms with van der Waals surface area (Å²) in [5, 5.41) is 14.5. The number of hydrogen-bond acceptors (Lipinski definition) is 5. The molecule has 3 fully saturated rings. The highest BCUT2D eigenvalue weighted by Gasteiger charge is 2.59. The summed E-state index contributed by atoms with van der Waals surface area (Å²) in [5.74, 6) is 0.378. The van der Waals surface area contributed by atoms with Crippen molar-refractivity contribution in [2.75, 3.05) is 20.3 Å². The van der Waals surface area contributed by atoms with E-state index in [2.05, 4.69) is 5.32 Å². The molecule has 0 radical (unpaired) electrons. The minimum absolute atomic E-state index is 0.0355. The van der Waals surface area contributed by atoms with Gasteiger partial charge in [-0.2, -0.15) is 0 Å². The van der Waals surface area contributed by atoms with Gasteiger partial charge in [0.15, 0.2) is 0 Å². The van der Waals surface area contributed by atoms with Gasteiger partial charge in [-0.25, -0.2) is 0 Å². The summed E-state index contributed by atoms with van der Waals surface area (Å²) in [4.78, 5) is 25.7. The van der Waals surface area contributed by atoms with Gasteiger partial charge >= 0.3 is 0 Å². The van der Waals surface area contributed by atoms with E-state index >= 15 is 0 Å². The van der Waals surface area contributed by atoms with Gasteiger partial charge in [-0.15, -0.1) is 0 Å². The number of hydrogen-bond donors (Lipinski definition) is 3. The van der Waals surface area contributed by atoms with Gasteiger partial charge in [0.2, 0.25) is 11.8 Å². The van der Waals surface area contributed by atoms with Crippen LogP contribution in [0.15, 0.2) is 24.3 Å². The molecule has 1 aromatic carbocycles. The van der Waals surface area contributed by atoms with Crippen molar-refractivity contribution in [2.24, 2.45) is 23.5 Å². The van der Waals surface area contributed by atoms with E-state index in [0.29, 0.717) is 18.0 Å². The molecule has 3 aliphatic rings. The van der Waals surface area contributed by atoms with Gasteiger partial charge in [0, 0.05) is 37.7 Å². The number of piperidine rings is 1. The molecule has 1 aliphatic heterocycles. The minimum atomic E-state index is -0.502. The molecule has 2 amide bonds. The average Bonchev–Trinajstić information content (AvgIpc) is 2.76. The molecule has 146 valence electrons. The number of nitrogens with two attached hydrogens (primary N) is 1. The highest BCUT2D eigenvalue weighted by molar-refractivity contribution is 5.92. The maximum atomic E-state index is 12.5. The lowest BCUT2D eigenvalue weighted by molar-refractivity contribution is -0.143. The number of nitrogens with one attached hydrogen (secondary N) is 1. The highest BCUT2D eigenvalue weighted by Crippen LogP contribution is 2.51. The SMILES string of the molecule is COCC(=O)N1CC2C[C@H]3C(NCc4cccc(C(N)=O)c4)[C@@H](C2)[C@H](O)C31. The van der Waals surface area contributed by atoms with E-state index in [1.54, 1.807) is 12.1 Å². The molecule has 0 aromatic heterocycles. The van der Waals surface area contributed by atoms with Gasteiger partial charge in [-0.1, -0.05) is 12.1 Å². The van der Waals surface area contributed by atoms with Crippen molar-refractivity contribution in [1.29, 1.82) is 0 Å². The van der Waals surface area contributed by atoms with E-state index in [1.807, 2.05) is 17.0 Å². The molecule has 7 heteroatoms. The van der Waals surface area contributed by atoms with Crippen LogP contribution in [-0.2, 0) is 16.1 Å². The molecular formula is C20H27N3O4.